The van der Waals surface area contributed by atoms with Gasteiger partial charge < -0.3 is 0 Å². The highest BCUT2D eigenvalue weighted by molar-refractivity contribution is 7.09. The van der Waals surface area contributed by atoms with Crippen molar-refractivity contribution in [2.24, 2.45) is 0 Å². The molecule has 2 amide bonds. The molecule has 0 radical (unpaired) electrons. The number of imide groups is 1. The van der Waals surface area contributed by atoms with E-state index in [1.54, 1.807) is 11.7 Å². The molecule has 0 spiro atoms. The molecular weight excluding hydrogens is 272 g/mol. The lowest BCUT2D eigenvalue weighted by molar-refractivity contribution is -0.135. The first-order valence-electron chi connectivity index (χ1n) is 6.44. The second-order valence-electron chi connectivity index (χ2n) is 5.02. The Bertz CT molecular complexity index is 634. The fourth-order valence-corrected chi connectivity index (χ4v) is 3.36. The van der Waals surface area contributed by atoms with Crippen molar-refractivity contribution in [1.82, 2.24) is 10.3 Å². The number of rotatable bonds is 2. The van der Waals surface area contributed by atoms with Crippen LogP contribution in [0.1, 0.15) is 34.3 Å². The summed E-state index contributed by atoms with van der Waals surface area (Å²) in [6.45, 7) is 2.01. The zero-order chi connectivity index (χ0) is 14.1. The predicted molar refractivity (Wildman–Crippen MR) is 76.5 cm³/mol. The highest BCUT2D eigenvalue weighted by Crippen LogP contribution is 2.39. The minimum absolute atomic E-state index is 0.119. The molecule has 2 unspecified atom stereocenters. The molecule has 1 fully saturated rings. The van der Waals surface area contributed by atoms with Crippen molar-refractivity contribution in [2.45, 2.75) is 25.2 Å². The van der Waals surface area contributed by atoms with E-state index in [4.69, 9.17) is 0 Å². The topological polar surface area (TPSA) is 59.1 Å². The van der Waals surface area contributed by atoms with Crippen molar-refractivity contribution in [3.63, 3.8) is 0 Å². The first-order chi connectivity index (χ1) is 9.65. The van der Waals surface area contributed by atoms with E-state index in [2.05, 4.69) is 10.3 Å². The average molecular weight is 286 g/mol. The third-order valence-corrected chi connectivity index (χ3v) is 4.51. The second kappa shape index (κ2) is 5.17. The third-order valence-electron chi connectivity index (χ3n) is 3.61. The molecule has 1 aliphatic heterocycles. The molecule has 0 saturated carbocycles. The fraction of sp³-hybridized carbons (Fsp3) is 0.267. The molecule has 3 rings (SSSR count). The maximum Gasteiger partial charge on any atom is 0.234 e. The van der Waals surface area contributed by atoms with Crippen molar-refractivity contribution >= 4 is 23.2 Å². The summed E-state index contributed by atoms with van der Waals surface area (Å²) in [6.07, 6.45) is 2.08. The van der Waals surface area contributed by atoms with E-state index in [-0.39, 0.29) is 23.7 Å². The minimum Gasteiger partial charge on any atom is -0.296 e. The number of amides is 2. The first kappa shape index (κ1) is 13.0. The lowest BCUT2D eigenvalue weighted by Crippen LogP contribution is -2.43. The van der Waals surface area contributed by atoms with Gasteiger partial charge in [0.05, 0.1) is 11.4 Å². The number of carbonyl (C=O) groups is 2. The van der Waals surface area contributed by atoms with E-state index in [9.17, 15) is 9.59 Å². The molecule has 1 aromatic heterocycles. The summed E-state index contributed by atoms with van der Waals surface area (Å²) >= 11 is 1.49. The molecule has 2 atom stereocenters. The van der Waals surface area contributed by atoms with Crippen LogP contribution in [0.2, 0.25) is 0 Å². The number of thiazole rings is 1. The molecule has 1 N–H and O–H groups in total. The Morgan fingerprint density at radius 3 is 2.65 bits per heavy atom. The molecule has 1 saturated heterocycles. The van der Waals surface area contributed by atoms with Gasteiger partial charge in [-0.15, -0.1) is 11.3 Å². The van der Waals surface area contributed by atoms with Gasteiger partial charge in [0.15, 0.2) is 0 Å². The van der Waals surface area contributed by atoms with E-state index in [0.29, 0.717) is 6.42 Å². The van der Waals surface area contributed by atoms with Crippen LogP contribution in [-0.4, -0.2) is 16.8 Å². The second-order valence-corrected chi connectivity index (χ2v) is 5.93. The van der Waals surface area contributed by atoms with Crippen molar-refractivity contribution in [3.8, 4) is 0 Å². The summed E-state index contributed by atoms with van der Waals surface area (Å²) < 4.78 is 0. The van der Waals surface area contributed by atoms with Gasteiger partial charge in [-0.25, -0.2) is 0 Å². The molecule has 5 heteroatoms. The van der Waals surface area contributed by atoms with Crippen LogP contribution < -0.4 is 5.32 Å². The van der Waals surface area contributed by atoms with Gasteiger partial charge in [0.2, 0.25) is 11.8 Å². The summed E-state index contributed by atoms with van der Waals surface area (Å²) in [5, 5.41) is 2.44. The van der Waals surface area contributed by atoms with Gasteiger partial charge in [-0.1, -0.05) is 29.8 Å². The standard InChI is InChI=1S/C15H14N2O2S/c1-9-2-4-10(5-3-9)14-11(12-7-16-8-20-12)6-13(18)17-15(14)19/h2-5,7-8,11,14H,6H2,1H3,(H,17,18,19). The highest BCUT2D eigenvalue weighted by atomic mass is 32.1. The molecule has 0 aliphatic carbocycles. The van der Waals surface area contributed by atoms with Crippen LogP contribution in [0.15, 0.2) is 36.0 Å². The Hall–Kier alpha value is -2.01. The zero-order valence-corrected chi connectivity index (χ0v) is 11.8. The quantitative estimate of drug-likeness (QED) is 0.862. The van der Waals surface area contributed by atoms with Crippen molar-refractivity contribution < 1.29 is 9.59 Å². The molecule has 2 heterocycles. The Labute approximate surface area is 120 Å². The lowest BCUT2D eigenvalue weighted by Gasteiger charge is -2.29. The largest absolute Gasteiger partial charge is 0.296 e. The van der Waals surface area contributed by atoms with Gasteiger partial charge >= 0.3 is 0 Å². The number of aromatic nitrogens is 1. The van der Waals surface area contributed by atoms with Crippen LogP contribution >= 0.6 is 11.3 Å². The average Bonchev–Trinajstić information content (AvgIpc) is 2.93. The Morgan fingerprint density at radius 2 is 2.00 bits per heavy atom. The number of aryl methyl sites for hydroxylation is 1. The number of benzene rings is 1. The Morgan fingerprint density at radius 1 is 1.25 bits per heavy atom. The zero-order valence-electron chi connectivity index (χ0n) is 11.0. The van der Waals surface area contributed by atoms with Crippen LogP contribution in [0.4, 0.5) is 0 Å². The Kier molecular flexibility index (Phi) is 3.36. The first-order valence-corrected chi connectivity index (χ1v) is 7.32. The van der Waals surface area contributed by atoms with E-state index in [1.807, 2.05) is 31.2 Å². The number of piperidine rings is 1. The normalized spacial score (nSPS) is 22.6. The summed E-state index contributed by atoms with van der Waals surface area (Å²) in [5.41, 5.74) is 3.83. The monoisotopic (exact) mass is 286 g/mol. The number of hydrogen-bond acceptors (Lipinski definition) is 4. The van der Waals surface area contributed by atoms with Gasteiger partial charge in [-0.2, -0.15) is 0 Å². The number of nitrogens with one attached hydrogen (secondary N) is 1. The molecule has 102 valence electrons. The number of hydrogen-bond donors (Lipinski definition) is 1. The molecule has 20 heavy (non-hydrogen) atoms. The maximum absolute atomic E-state index is 12.2. The summed E-state index contributed by atoms with van der Waals surface area (Å²) in [4.78, 5) is 29.0. The predicted octanol–water partition coefficient (Wildman–Crippen LogP) is 2.37. The summed E-state index contributed by atoms with van der Waals surface area (Å²) in [7, 11) is 0. The number of carbonyl (C=O) groups excluding carboxylic acids is 2. The molecule has 4 nitrogen and oxygen atoms in total. The van der Waals surface area contributed by atoms with Crippen LogP contribution in [0.25, 0.3) is 0 Å². The number of nitrogens with zero attached hydrogens (tertiary/aromatic N) is 1. The molecule has 1 aromatic carbocycles. The fourth-order valence-electron chi connectivity index (χ4n) is 2.60. The minimum atomic E-state index is -0.325. The van der Waals surface area contributed by atoms with E-state index in [1.165, 1.54) is 11.3 Å². The highest BCUT2D eigenvalue weighted by Gasteiger charge is 2.38. The summed E-state index contributed by atoms with van der Waals surface area (Å²) in [6, 6.07) is 7.90. The van der Waals surface area contributed by atoms with Crippen LogP contribution in [-0.2, 0) is 9.59 Å². The lowest BCUT2D eigenvalue weighted by atomic mass is 9.79. The molecule has 2 aromatic rings. The van der Waals surface area contributed by atoms with Crippen LogP contribution in [0.3, 0.4) is 0 Å². The maximum atomic E-state index is 12.2. The van der Waals surface area contributed by atoms with Gasteiger partial charge in [0.1, 0.15) is 0 Å². The van der Waals surface area contributed by atoms with Gasteiger partial charge in [-0.3, -0.25) is 19.9 Å². The van der Waals surface area contributed by atoms with Crippen LogP contribution in [0, 0.1) is 6.92 Å². The molecule has 1 aliphatic rings. The van der Waals surface area contributed by atoms with Crippen LogP contribution in [0.5, 0.6) is 0 Å². The van der Waals surface area contributed by atoms with E-state index >= 15 is 0 Å². The SMILES string of the molecule is Cc1ccc(C2C(=O)NC(=O)CC2c2cncs2)cc1. The van der Waals surface area contributed by atoms with Gasteiger partial charge in [0, 0.05) is 23.4 Å². The smallest absolute Gasteiger partial charge is 0.234 e. The third kappa shape index (κ3) is 2.36. The van der Waals surface area contributed by atoms with Crippen molar-refractivity contribution in [3.05, 3.63) is 52.0 Å². The summed E-state index contributed by atoms with van der Waals surface area (Å²) in [5.74, 6) is -0.875. The molecular formula is C15H14N2O2S. The molecule has 0 bridgehead atoms. The van der Waals surface area contributed by atoms with Gasteiger partial charge in [-0.05, 0) is 12.5 Å². The Balaban J connectivity index is 2.01. The van der Waals surface area contributed by atoms with Crippen molar-refractivity contribution in [2.75, 3.05) is 0 Å². The van der Waals surface area contributed by atoms with Crippen molar-refractivity contribution in [1.29, 1.82) is 0 Å². The van der Waals surface area contributed by atoms with E-state index in [0.717, 1.165) is 16.0 Å². The van der Waals surface area contributed by atoms with Gasteiger partial charge in [0.25, 0.3) is 0 Å². The van der Waals surface area contributed by atoms with E-state index < -0.39 is 0 Å².